The molecule has 2 fully saturated rings. The monoisotopic (exact) mass is 716 g/mol. The molecule has 0 unspecified atom stereocenters. The zero-order valence-electron chi connectivity index (χ0n) is 24.0. The maximum absolute atomic E-state index is 13.3. The molecule has 9 nitrogen and oxygen atoms in total. The van der Waals surface area contributed by atoms with E-state index in [1.54, 1.807) is 0 Å². The van der Waals surface area contributed by atoms with Crippen molar-refractivity contribution in [1.82, 2.24) is 25.6 Å². The number of aromatic amines is 1. The summed E-state index contributed by atoms with van der Waals surface area (Å²) in [4.78, 5) is 36.5. The van der Waals surface area contributed by atoms with Gasteiger partial charge < -0.3 is 25.7 Å². The normalized spacial score (nSPS) is 19.5. The summed E-state index contributed by atoms with van der Waals surface area (Å²) in [5.74, 6) is -3.98. The smallest absolute Gasteiger partial charge is 0.403 e. The van der Waals surface area contributed by atoms with E-state index in [4.69, 9.17) is 27.9 Å². The molecule has 0 spiro atoms. The van der Waals surface area contributed by atoms with Gasteiger partial charge in [0.25, 0.3) is 12.3 Å². The van der Waals surface area contributed by atoms with Gasteiger partial charge in [0.1, 0.15) is 11.0 Å². The summed E-state index contributed by atoms with van der Waals surface area (Å²) >= 11 is 12.8. The second-order valence-electron chi connectivity index (χ2n) is 11.3. The first-order valence-electron chi connectivity index (χ1n) is 14.3. The fourth-order valence-corrected chi connectivity index (χ4v) is 5.83. The third-order valence-corrected chi connectivity index (χ3v) is 8.88. The van der Waals surface area contributed by atoms with Gasteiger partial charge in [0.05, 0.1) is 27.2 Å². The van der Waals surface area contributed by atoms with E-state index in [9.17, 15) is 44.7 Å². The van der Waals surface area contributed by atoms with Crippen LogP contribution in [0, 0.1) is 11.3 Å². The lowest BCUT2D eigenvalue weighted by Gasteiger charge is -2.30. The molecule has 0 saturated heterocycles. The molecule has 3 aromatic rings. The van der Waals surface area contributed by atoms with Gasteiger partial charge in [0, 0.05) is 12.6 Å². The Kier molecular flexibility index (Phi) is 9.70. The van der Waals surface area contributed by atoms with Crippen LogP contribution >= 0.6 is 23.2 Å². The Balaban J connectivity index is 1.34. The van der Waals surface area contributed by atoms with Crippen molar-refractivity contribution < 1.29 is 49.4 Å². The lowest BCUT2D eigenvalue weighted by Crippen LogP contribution is -2.40. The number of halogens is 10. The van der Waals surface area contributed by atoms with Gasteiger partial charge >= 0.3 is 12.4 Å². The lowest BCUT2D eigenvalue weighted by atomic mass is 9.85. The van der Waals surface area contributed by atoms with Crippen molar-refractivity contribution >= 4 is 57.8 Å². The van der Waals surface area contributed by atoms with Crippen molar-refractivity contribution in [3.05, 3.63) is 39.4 Å². The average molecular weight is 717 g/mol. The average Bonchev–Trinajstić information content (AvgIpc) is 3.73. The van der Waals surface area contributed by atoms with E-state index in [-0.39, 0.29) is 89.0 Å². The highest BCUT2D eigenvalue weighted by molar-refractivity contribution is 6.39. The van der Waals surface area contributed by atoms with Crippen LogP contribution in [0.3, 0.4) is 0 Å². The van der Waals surface area contributed by atoms with Crippen molar-refractivity contribution in [2.24, 2.45) is 11.3 Å². The van der Waals surface area contributed by atoms with Crippen LogP contribution in [0.5, 0.6) is 5.88 Å². The molecule has 2 aliphatic carbocycles. The molecular formula is C28H26Cl2F8N6O3. The quantitative estimate of drug-likeness (QED) is 0.162. The van der Waals surface area contributed by atoms with Crippen molar-refractivity contribution in [1.29, 1.82) is 0 Å². The van der Waals surface area contributed by atoms with Crippen molar-refractivity contribution in [2.75, 3.05) is 11.9 Å². The fraction of sp³-hybridized carbons (Fsp3) is 0.500. The van der Waals surface area contributed by atoms with Crippen LogP contribution in [0.4, 0.5) is 46.8 Å². The molecular weight excluding hydrogens is 691 g/mol. The molecule has 4 N–H and O–H groups in total. The molecule has 0 aliphatic heterocycles. The second-order valence-corrected chi connectivity index (χ2v) is 12.1. The van der Waals surface area contributed by atoms with Crippen LogP contribution in [0.2, 0.25) is 10.0 Å². The van der Waals surface area contributed by atoms with Crippen LogP contribution in [0.15, 0.2) is 18.2 Å². The third kappa shape index (κ3) is 7.60. The van der Waals surface area contributed by atoms with Crippen molar-refractivity contribution in [3.63, 3.8) is 0 Å². The number of aromatic nitrogens is 3. The predicted molar refractivity (Wildman–Crippen MR) is 154 cm³/mol. The minimum absolute atomic E-state index is 0.0469. The first kappa shape index (κ1) is 34.7. The summed E-state index contributed by atoms with van der Waals surface area (Å²) < 4.78 is 110. The number of benzene rings is 1. The number of alkyl halides is 8. The number of rotatable bonds is 10. The number of fused-ring (bicyclic) bond motifs is 1. The van der Waals surface area contributed by atoms with E-state index in [0.717, 1.165) is 0 Å². The van der Waals surface area contributed by atoms with E-state index in [1.807, 2.05) is 0 Å². The van der Waals surface area contributed by atoms with Crippen molar-refractivity contribution in [3.8, 4) is 5.88 Å². The molecule has 1 aromatic carbocycles. The van der Waals surface area contributed by atoms with Gasteiger partial charge in [0.15, 0.2) is 12.3 Å². The Hall–Kier alpha value is -3.60. The topological polar surface area (TPSA) is 121 Å². The van der Waals surface area contributed by atoms with E-state index < -0.39 is 60.5 Å². The molecule has 2 amide bonds. The maximum Gasteiger partial charge on any atom is 0.403 e. The minimum Gasteiger partial charge on any atom is -0.471 e. The molecule has 0 bridgehead atoms. The molecule has 19 heteroatoms. The number of pyridine rings is 1. The molecule has 47 heavy (non-hydrogen) atoms. The van der Waals surface area contributed by atoms with E-state index in [0.29, 0.717) is 0 Å². The van der Waals surface area contributed by atoms with Crippen LogP contribution in [-0.2, 0) is 11.3 Å². The lowest BCUT2D eigenvalue weighted by molar-refractivity contribution is -0.192. The Morgan fingerprint density at radius 3 is 2.32 bits per heavy atom. The molecule has 2 saturated carbocycles. The van der Waals surface area contributed by atoms with Gasteiger partial charge in [-0.1, -0.05) is 29.3 Å². The highest BCUT2D eigenvalue weighted by Gasteiger charge is 2.68. The third-order valence-electron chi connectivity index (χ3n) is 8.14. The number of carbonyl (C=O) groups excluding carboxylic acids is 2. The summed E-state index contributed by atoms with van der Waals surface area (Å²) in [6.07, 6.45) is -12.8. The number of carbonyl (C=O) groups is 2. The predicted octanol–water partition coefficient (Wildman–Crippen LogP) is 7.46. The SMILES string of the molecule is O=C(N[C@H]1CC[C@H](C(F)(F)F)CC1)c1cc2[nH]c(Nc3c(Cl)ccc(CNC(=O)C4(C(F)(F)F)CC4)c3Cl)nc2nc1OCC(F)F. The molecule has 2 aromatic heterocycles. The number of hydrogen-bond acceptors (Lipinski definition) is 6. The highest BCUT2D eigenvalue weighted by Crippen LogP contribution is 2.57. The molecule has 2 aliphatic rings. The van der Waals surface area contributed by atoms with Crippen LogP contribution in [-0.4, -0.2) is 58.2 Å². The Morgan fingerprint density at radius 2 is 1.72 bits per heavy atom. The van der Waals surface area contributed by atoms with E-state index in [1.165, 1.54) is 18.2 Å². The first-order chi connectivity index (χ1) is 22.0. The highest BCUT2D eigenvalue weighted by atomic mass is 35.5. The first-order valence-corrected chi connectivity index (χ1v) is 15.0. The summed E-state index contributed by atoms with van der Waals surface area (Å²) in [5, 5.41) is 7.70. The largest absolute Gasteiger partial charge is 0.471 e. The Morgan fingerprint density at radius 1 is 1.04 bits per heavy atom. The summed E-state index contributed by atoms with van der Waals surface area (Å²) in [5.41, 5.74) is -2.37. The van der Waals surface area contributed by atoms with Crippen molar-refractivity contribution in [2.45, 2.75) is 69.9 Å². The Bertz CT molecular complexity index is 1650. The summed E-state index contributed by atoms with van der Waals surface area (Å²) in [7, 11) is 0. The molecule has 0 radical (unpaired) electrons. The molecule has 256 valence electrons. The van der Waals surface area contributed by atoms with Crippen LogP contribution < -0.4 is 20.7 Å². The zero-order chi connectivity index (χ0) is 34.3. The van der Waals surface area contributed by atoms with Crippen LogP contribution in [0.1, 0.15) is 54.4 Å². The molecule has 2 heterocycles. The summed E-state index contributed by atoms with van der Waals surface area (Å²) in [6, 6.07) is 3.43. The number of anilines is 2. The maximum atomic E-state index is 13.3. The van der Waals surface area contributed by atoms with Gasteiger partial charge in [-0.2, -0.15) is 36.3 Å². The summed E-state index contributed by atoms with van der Waals surface area (Å²) in [6.45, 7) is -1.45. The number of nitrogens with zero attached hydrogens (tertiary/aromatic N) is 2. The van der Waals surface area contributed by atoms with E-state index >= 15 is 0 Å². The standard InChI is InChI=1S/C28H26Cl2F8N6O3/c29-16-6-1-12(10-39-24(46)26(7-8-26)28(36,37)38)19(30)20(16)42-25-41-17-9-15(23(43-21(17)44-25)47-11-18(31)32)22(45)40-14-4-2-13(3-5-14)27(33,34)35/h1,6,9,13-14,18H,2-5,7-8,10-11H2,(H,39,46)(H,40,45)(H2,41,42,43,44)/t13-,14-. The van der Waals surface area contributed by atoms with Crippen LogP contribution in [0.25, 0.3) is 11.2 Å². The minimum atomic E-state index is -4.69. The fourth-order valence-electron chi connectivity index (χ4n) is 5.30. The number of H-pyrrole nitrogens is 1. The van der Waals surface area contributed by atoms with Gasteiger partial charge in [0.2, 0.25) is 17.7 Å². The number of nitrogens with one attached hydrogen (secondary N) is 4. The number of amides is 2. The zero-order valence-corrected chi connectivity index (χ0v) is 25.5. The van der Waals surface area contributed by atoms with Gasteiger partial charge in [-0.15, -0.1) is 0 Å². The number of ether oxygens (including phenoxy) is 1. The van der Waals surface area contributed by atoms with E-state index in [2.05, 4.69) is 30.9 Å². The number of hydrogen-bond donors (Lipinski definition) is 4. The van der Waals surface area contributed by atoms with Gasteiger partial charge in [-0.3, -0.25) is 9.59 Å². The molecule has 5 rings (SSSR count). The number of imidazole rings is 1. The van der Waals surface area contributed by atoms with Gasteiger partial charge in [-0.25, -0.2) is 8.78 Å². The van der Waals surface area contributed by atoms with Gasteiger partial charge in [-0.05, 0) is 56.2 Å². The molecule has 0 atom stereocenters. The second kappa shape index (κ2) is 13.1. The Labute approximate surface area is 271 Å².